The van der Waals surface area contributed by atoms with Crippen molar-refractivity contribution >= 4 is 38.9 Å². The zero-order valence-corrected chi connectivity index (χ0v) is 15.9. The van der Waals surface area contributed by atoms with Gasteiger partial charge in [0.2, 0.25) is 15.9 Å². The van der Waals surface area contributed by atoms with Crippen LogP contribution in [0.25, 0.3) is 0 Å². The van der Waals surface area contributed by atoms with Crippen LogP contribution in [0.15, 0.2) is 48.5 Å². The van der Waals surface area contributed by atoms with Crippen molar-refractivity contribution in [3.63, 3.8) is 0 Å². The number of hydrogen-bond donors (Lipinski definition) is 1. The normalized spacial score (nSPS) is 13.1. The van der Waals surface area contributed by atoms with Crippen molar-refractivity contribution in [2.75, 3.05) is 15.9 Å². The van der Waals surface area contributed by atoms with Gasteiger partial charge in [0.05, 0.1) is 17.5 Å². The van der Waals surface area contributed by atoms with Crippen LogP contribution in [-0.4, -0.2) is 26.6 Å². The van der Waals surface area contributed by atoms with Gasteiger partial charge in [0, 0.05) is 10.7 Å². The Kier molecular flexibility index (Phi) is 6.06. The highest BCUT2D eigenvalue weighted by Gasteiger charge is 2.31. The first-order valence-corrected chi connectivity index (χ1v) is 9.85. The lowest BCUT2D eigenvalue weighted by Gasteiger charge is -2.28. The molecule has 2 aromatic carbocycles. The minimum Gasteiger partial charge on any atom is -0.324 e. The Morgan fingerprint density at radius 1 is 1.15 bits per heavy atom. The average Bonchev–Trinajstić information content (AvgIpc) is 2.53. The molecule has 2 aromatic rings. The molecule has 1 atom stereocenters. The SMILES string of the molecule is C[C@@H](C(=O)Nc1ccc(C(F)(F)F)cc1)N(c1cccc(Cl)c1)S(C)(=O)=O. The highest BCUT2D eigenvalue weighted by Crippen LogP contribution is 2.30. The van der Waals surface area contributed by atoms with Crippen LogP contribution in [-0.2, 0) is 21.0 Å². The first-order valence-electron chi connectivity index (χ1n) is 7.62. The van der Waals surface area contributed by atoms with E-state index in [0.29, 0.717) is 0 Å². The third-order valence-corrected chi connectivity index (χ3v) is 5.11. The molecule has 0 unspecified atom stereocenters. The van der Waals surface area contributed by atoms with Crippen molar-refractivity contribution in [3.05, 3.63) is 59.1 Å². The molecule has 0 saturated carbocycles. The van der Waals surface area contributed by atoms with Gasteiger partial charge in [-0.25, -0.2) is 8.42 Å². The Labute approximate surface area is 159 Å². The molecule has 0 bridgehead atoms. The largest absolute Gasteiger partial charge is 0.416 e. The monoisotopic (exact) mass is 420 g/mol. The molecule has 0 aromatic heterocycles. The van der Waals surface area contributed by atoms with Crippen LogP contribution in [0.5, 0.6) is 0 Å². The molecule has 1 amide bonds. The van der Waals surface area contributed by atoms with Crippen molar-refractivity contribution < 1.29 is 26.4 Å². The first-order chi connectivity index (χ1) is 12.4. The number of alkyl halides is 3. The molecule has 1 N–H and O–H groups in total. The standard InChI is InChI=1S/C17H16ClF3N2O3S/c1-11(23(27(2,25)26)15-5-3-4-13(18)10-15)16(24)22-14-8-6-12(7-9-14)17(19,20)21/h3-11H,1-2H3,(H,22,24)/t11-/m0/s1. The number of anilines is 2. The molecule has 0 radical (unpaired) electrons. The van der Waals surface area contributed by atoms with E-state index in [9.17, 15) is 26.4 Å². The molecule has 10 heteroatoms. The predicted molar refractivity (Wildman–Crippen MR) is 98.3 cm³/mol. The fourth-order valence-electron chi connectivity index (χ4n) is 2.41. The molecule has 27 heavy (non-hydrogen) atoms. The van der Waals surface area contributed by atoms with Gasteiger partial charge in [0.1, 0.15) is 6.04 Å². The van der Waals surface area contributed by atoms with Gasteiger partial charge in [0.15, 0.2) is 0 Å². The highest BCUT2D eigenvalue weighted by atomic mass is 35.5. The number of rotatable bonds is 5. The van der Waals surface area contributed by atoms with E-state index >= 15 is 0 Å². The lowest BCUT2D eigenvalue weighted by Crippen LogP contribution is -2.45. The van der Waals surface area contributed by atoms with E-state index in [1.165, 1.54) is 25.1 Å². The summed E-state index contributed by atoms with van der Waals surface area (Å²) in [5.41, 5.74) is -0.551. The second kappa shape index (κ2) is 7.77. The number of hydrogen-bond acceptors (Lipinski definition) is 3. The van der Waals surface area contributed by atoms with Gasteiger partial charge in [-0.15, -0.1) is 0 Å². The summed E-state index contributed by atoms with van der Waals surface area (Å²) in [6.07, 6.45) is -3.55. The van der Waals surface area contributed by atoms with Crippen molar-refractivity contribution in [2.24, 2.45) is 0 Å². The third-order valence-electron chi connectivity index (χ3n) is 3.63. The smallest absolute Gasteiger partial charge is 0.324 e. The van der Waals surface area contributed by atoms with Gasteiger partial charge in [-0.2, -0.15) is 13.2 Å². The second-order valence-corrected chi connectivity index (χ2v) is 8.07. The van der Waals surface area contributed by atoms with Gasteiger partial charge in [-0.05, 0) is 49.4 Å². The molecule has 2 rings (SSSR count). The molecule has 0 aliphatic carbocycles. The highest BCUT2D eigenvalue weighted by molar-refractivity contribution is 7.92. The van der Waals surface area contributed by atoms with Crippen LogP contribution in [0.3, 0.4) is 0 Å². The summed E-state index contributed by atoms with van der Waals surface area (Å²) in [4.78, 5) is 12.5. The van der Waals surface area contributed by atoms with Crippen LogP contribution >= 0.6 is 11.6 Å². The maximum Gasteiger partial charge on any atom is 0.416 e. The van der Waals surface area contributed by atoms with Crippen LogP contribution in [0.1, 0.15) is 12.5 Å². The molecular weight excluding hydrogens is 405 g/mol. The summed E-state index contributed by atoms with van der Waals surface area (Å²) in [5, 5.41) is 2.70. The number of carbonyl (C=O) groups excluding carboxylic acids is 1. The number of benzene rings is 2. The molecule has 0 heterocycles. The molecule has 146 valence electrons. The number of nitrogens with one attached hydrogen (secondary N) is 1. The van der Waals surface area contributed by atoms with Crippen LogP contribution in [0.2, 0.25) is 5.02 Å². The molecule has 5 nitrogen and oxygen atoms in total. The van der Waals surface area contributed by atoms with E-state index in [4.69, 9.17) is 11.6 Å². The van der Waals surface area contributed by atoms with Crippen LogP contribution < -0.4 is 9.62 Å². The maximum absolute atomic E-state index is 12.6. The lowest BCUT2D eigenvalue weighted by atomic mass is 10.2. The summed E-state index contributed by atoms with van der Waals surface area (Å²) >= 11 is 5.89. The summed E-state index contributed by atoms with van der Waals surface area (Å²) in [5.74, 6) is -0.708. The number of nitrogens with zero attached hydrogens (tertiary/aromatic N) is 1. The molecule has 0 aliphatic heterocycles. The predicted octanol–water partition coefficient (Wildman–Crippen LogP) is 4.15. The van der Waals surface area contributed by atoms with Gasteiger partial charge < -0.3 is 5.32 Å². The summed E-state index contributed by atoms with van der Waals surface area (Å²) in [7, 11) is -3.83. The molecule has 0 fully saturated rings. The Balaban J connectivity index is 2.25. The molecule has 0 saturated heterocycles. The van der Waals surface area contributed by atoms with Crippen LogP contribution in [0.4, 0.5) is 24.5 Å². The van der Waals surface area contributed by atoms with E-state index in [1.807, 2.05) is 0 Å². The Hall–Kier alpha value is -2.26. The topological polar surface area (TPSA) is 66.5 Å². The fourth-order valence-corrected chi connectivity index (χ4v) is 3.76. The number of halogens is 4. The fraction of sp³-hybridized carbons (Fsp3) is 0.235. The van der Waals surface area contributed by atoms with Crippen molar-refractivity contribution in [1.82, 2.24) is 0 Å². The van der Waals surface area contributed by atoms with Crippen molar-refractivity contribution in [1.29, 1.82) is 0 Å². The van der Waals surface area contributed by atoms with E-state index < -0.39 is 33.7 Å². The van der Waals surface area contributed by atoms with Gasteiger partial charge >= 0.3 is 6.18 Å². The van der Waals surface area contributed by atoms with Gasteiger partial charge in [-0.3, -0.25) is 9.10 Å². The minimum atomic E-state index is -4.49. The molecular formula is C17H16ClF3N2O3S. The molecule has 0 spiro atoms. The van der Waals surface area contributed by atoms with E-state index in [-0.39, 0.29) is 16.4 Å². The number of sulfonamides is 1. The van der Waals surface area contributed by atoms with Gasteiger partial charge in [0.25, 0.3) is 0 Å². The van der Waals surface area contributed by atoms with E-state index in [1.54, 1.807) is 6.07 Å². The number of carbonyl (C=O) groups is 1. The third kappa shape index (κ3) is 5.36. The van der Waals surface area contributed by atoms with E-state index in [0.717, 1.165) is 34.8 Å². The summed E-state index contributed by atoms with van der Waals surface area (Å²) in [6, 6.07) is 8.64. The Bertz CT molecular complexity index is 931. The lowest BCUT2D eigenvalue weighted by molar-refractivity contribution is -0.137. The minimum absolute atomic E-state index is 0.111. The zero-order valence-electron chi connectivity index (χ0n) is 14.3. The molecule has 0 aliphatic rings. The quantitative estimate of drug-likeness (QED) is 0.790. The van der Waals surface area contributed by atoms with Crippen molar-refractivity contribution in [2.45, 2.75) is 19.1 Å². The van der Waals surface area contributed by atoms with E-state index in [2.05, 4.69) is 5.32 Å². The summed E-state index contributed by atoms with van der Waals surface area (Å²) in [6.45, 7) is 1.36. The second-order valence-electron chi connectivity index (χ2n) is 5.78. The maximum atomic E-state index is 12.6. The van der Waals surface area contributed by atoms with Crippen molar-refractivity contribution in [3.8, 4) is 0 Å². The zero-order chi connectivity index (χ0) is 20.4. The van der Waals surface area contributed by atoms with Crippen LogP contribution in [0, 0.1) is 0 Å². The number of amides is 1. The Morgan fingerprint density at radius 2 is 1.74 bits per heavy atom. The average molecular weight is 421 g/mol. The Morgan fingerprint density at radius 3 is 2.22 bits per heavy atom. The first kappa shape index (κ1) is 21.0. The van der Waals surface area contributed by atoms with Gasteiger partial charge in [-0.1, -0.05) is 17.7 Å². The summed E-state index contributed by atoms with van der Waals surface area (Å²) < 4.78 is 63.0.